The van der Waals surface area contributed by atoms with Gasteiger partial charge in [-0.05, 0) is 43.4 Å². The van der Waals surface area contributed by atoms with Gasteiger partial charge >= 0.3 is 5.97 Å². The summed E-state index contributed by atoms with van der Waals surface area (Å²) in [5, 5.41) is 9.65. The maximum Gasteiger partial charge on any atom is 0.308 e. The van der Waals surface area contributed by atoms with Crippen LogP contribution in [-0.4, -0.2) is 30.8 Å². The van der Waals surface area contributed by atoms with Crippen molar-refractivity contribution in [3.63, 3.8) is 0 Å². The number of rotatable bonds is 5. The number of benzene rings is 1. The first-order valence-corrected chi connectivity index (χ1v) is 7.36. The SMILES string of the molecule is COC(=O)C1CCCC(Oc2ccc([C@@H](O)CN)cc2)C1. The molecule has 1 aromatic rings. The molecule has 2 rings (SSSR count). The van der Waals surface area contributed by atoms with E-state index in [-0.39, 0.29) is 24.5 Å². The van der Waals surface area contributed by atoms with Gasteiger partial charge in [0.1, 0.15) is 5.75 Å². The number of methoxy groups -OCH3 is 1. The van der Waals surface area contributed by atoms with Gasteiger partial charge in [0, 0.05) is 6.54 Å². The summed E-state index contributed by atoms with van der Waals surface area (Å²) >= 11 is 0. The van der Waals surface area contributed by atoms with Crippen molar-refractivity contribution in [3.05, 3.63) is 29.8 Å². The largest absolute Gasteiger partial charge is 0.490 e. The van der Waals surface area contributed by atoms with Crippen LogP contribution in [0.3, 0.4) is 0 Å². The average molecular weight is 293 g/mol. The average Bonchev–Trinajstić information content (AvgIpc) is 2.54. The zero-order valence-corrected chi connectivity index (χ0v) is 12.3. The molecular formula is C16H23NO4. The molecule has 0 radical (unpaired) electrons. The zero-order chi connectivity index (χ0) is 15.2. The number of ether oxygens (including phenoxy) is 2. The number of carbonyl (C=O) groups is 1. The number of hydrogen-bond acceptors (Lipinski definition) is 5. The molecule has 1 saturated carbocycles. The molecule has 1 fully saturated rings. The fourth-order valence-corrected chi connectivity index (χ4v) is 2.73. The van der Waals surface area contributed by atoms with E-state index in [0.717, 1.165) is 30.6 Å². The highest BCUT2D eigenvalue weighted by molar-refractivity contribution is 5.72. The summed E-state index contributed by atoms with van der Waals surface area (Å²) in [6, 6.07) is 7.28. The number of hydrogen-bond donors (Lipinski definition) is 2. The van der Waals surface area contributed by atoms with E-state index in [2.05, 4.69) is 0 Å². The van der Waals surface area contributed by atoms with Crippen LogP contribution in [0.5, 0.6) is 5.75 Å². The fraction of sp³-hybridized carbons (Fsp3) is 0.562. The molecule has 1 aliphatic carbocycles. The maximum absolute atomic E-state index is 11.6. The highest BCUT2D eigenvalue weighted by Crippen LogP contribution is 2.29. The van der Waals surface area contributed by atoms with Crippen molar-refractivity contribution in [1.82, 2.24) is 0 Å². The Labute approximate surface area is 125 Å². The molecule has 2 unspecified atom stereocenters. The molecule has 0 aliphatic heterocycles. The monoisotopic (exact) mass is 293 g/mol. The minimum atomic E-state index is -0.641. The normalized spacial score (nSPS) is 23.4. The van der Waals surface area contributed by atoms with E-state index in [0.29, 0.717) is 6.42 Å². The molecular weight excluding hydrogens is 270 g/mol. The summed E-state index contributed by atoms with van der Waals surface area (Å²) in [6.07, 6.45) is 2.87. The predicted molar refractivity (Wildman–Crippen MR) is 78.8 cm³/mol. The van der Waals surface area contributed by atoms with Crippen molar-refractivity contribution < 1.29 is 19.4 Å². The van der Waals surface area contributed by atoms with Crippen LogP contribution in [0.4, 0.5) is 0 Å². The summed E-state index contributed by atoms with van der Waals surface area (Å²) in [6.45, 7) is 0.198. The van der Waals surface area contributed by atoms with E-state index in [1.165, 1.54) is 7.11 Å². The lowest BCUT2D eigenvalue weighted by Crippen LogP contribution is -2.30. The van der Waals surface area contributed by atoms with Gasteiger partial charge in [-0.3, -0.25) is 4.79 Å². The summed E-state index contributed by atoms with van der Waals surface area (Å²) in [4.78, 5) is 11.6. The Kier molecular flexibility index (Phi) is 5.59. The third-order valence-corrected chi connectivity index (χ3v) is 3.95. The number of aliphatic hydroxyl groups excluding tert-OH is 1. The molecule has 0 spiro atoms. The van der Waals surface area contributed by atoms with Crippen LogP contribution in [0, 0.1) is 5.92 Å². The van der Waals surface area contributed by atoms with Crippen molar-refractivity contribution in [3.8, 4) is 5.75 Å². The lowest BCUT2D eigenvalue weighted by molar-refractivity contribution is -0.147. The topological polar surface area (TPSA) is 81.8 Å². The summed E-state index contributed by atoms with van der Waals surface area (Å²) in [7, 11) is 1.42. The highest BCUT2D eigenvalue weighted by atomic mass is 16.5. The third-order valence-electron chi connectivity index (χ3n) is 3.95. The van der Waals surface area contributed by atoms with Crippen molar-refractivity contribution >= 4 is 5.97 Å². The molecule has 0 bridgehead atoms. The van der Waals surface area contributed by atoms with Crippen LogP contribution in [-0.2, 0) is 9.53 Å². The van der Waals surface area contributed by atoms with Gasteiger partial charge in [0.05, 0.1) is 25.2 Å². The van der Waals surface area contributed by atoms with Gasteiger partial charge in [-0.1, -0.05) is 12.1 Å². The van der Waals surface area contributed by atoms with Gasteiger partial charge in [-0.2, -0.15) is 0 Å². The predicted octanol–water partition coefficient (Wildman–Crippen LogP) is 1.79. The fourth-order valence-electron chi connectivity index (χ4n) is 2.73. The van der Waals surface area contributed by atoms with Crippen molar-refractivity contribution in [2.45, 2.75) is 37.9 Å². The lowest BCUT2D eigenvalue weighted by atomic mass is 9.87. The van der Waals surface area contributed by atoms with Crippen molar-refractivity contribution in [2.75, 3.05) is 13.7 Å². The van der Waals surface area contributed by atoms with Crippen molar-refractivity contribution in [2.24, 2.45) is 11.7 Å². The first-order valence-electron chi connectivity index (χ1n) is 7.36. The molecule has 0 aromatic heterocycles. The smallest absolute Gasteiger partial charge is 0.308 e. The molecule has 116 valence electrons. The number of esters is 1. The Morgan fingerprint density at radius 2 is 2.10 bits per heavy atom. The van der Waals surface area contributed by atoms with E-state index in [9.17, 15) is 9.90 Å². The molecule has 1 aromatic carbocycles. The Hall–Kier alpha value is -1.59. The van der Waals surface area contributed by atoms with E-state index in [4.69, 9.17) is 15.2 Å². The molecule has 0 saturated heterocycles. The van der Waals surface area contributed by atoms with E-state index >= 15 is 0 Å². The summed E-state index contributed by atoms with van der Waals surface area (Å²) in [5.74, 6) is 0.537. The highest BCUT2D eigenvalue weighted by Gasteiger charge is 2.29. The van der Waals surface area contributed by atoms with Crippen LogP contribution < -0.4 is 10.5 Å². The second-order valence-electron chi connectivity index (χ2n) is 5.45. The van der Waals surface area contributed by atoms with Crippen LogP contribution >= 0.6 is 0 Å². The van der Waals surface area contributed by atoms with Gasteiger partial charge in [-0.25, -0.2) is 0 Å². The molecule has 5 heteroatoms. The van der Waals surface area contributed by atoms with Gasteiger partial charge in [0.2, 0.25) is 0 Å². The van der Waals surface area contributed by atoms with E-state index in [1.54, 1.807) is 0 Å². The lowest BCUT2D eigenvalue weighted by Gasteiger charge is -2.28. The Morgan fingerprint density at radius 1 is 1.38 bits per heavy atom. The minimum Gasteiger partial charge on any atom is -0.490 e. The first kappa shape index (κ1) is 15.8. The van der Waals surface area contributed by atoms with Crippen LogP contribution in [0.15, 0.2) is 24.3 Å². The van der Waals surface area contributed by atoms with Gasteiger partial charge < -0.3 is 20.3 Å². The second-order valence-corrected chi connectivity index (χ2v) is 5.45. The summed E-state index contributed by atoms with van der Waals surface area (Å²) in [5.41, 5.74) is 6.20. The molecule has 21 heavy (non-hydrogen) atoms. The number of nitrogens with two attached hydrogens (primary N) is 1. The van der Waals surface area contributed by atoms with Crippen LogP contribution in [0.2, 0.25) is 0 Å². The molecule has 0 amide bonds. The Morgan fingerprint density at radius 3 is 2.71 bits per heavy atom. The zero-order valence-electron chi connectivity index (χ0n) is 12.3. The quantitative estimate of drug-likeness (QED) is 0.809. The van der Waals surface area contributed by atoms with Gasteiger partial charge in [0.15, 0.2) is 0 Å². The minimum absolute atomic E-state index is 0.0353. The third kappa shape index (κ3) is 4.19. The molecule has 3 atom stereocenters. The maximum atomic E-state index is 11.6. The Bertz CT molecular complexity index is 460. The van der Waals surface area contributed by atoms with E-state index in [1.807, 2.05) is 24.3 Å². The summed E-state index contributed by atoms with van der Waals surface area (Å²) < 4.78 is 10.7. The number of carbonyl (C=O) groups excluding carboxylic acids is 1. The van der Waals surface area contributed by atoms with E-state index < -0.39 is 6.10 Å². The molecule has 3 N–H and O–H groups in total. The van der Waals surface area contributed by atoms with Gasteiger partial charge in [-0.15, -0.1) is 0 Å². The molecule has 1 aliphatic rings. The van der Waals surface area contributed by atoms with Gasteiger partial charge in [0.25, 0.3) is 0 Å². The van der Waals surface area contributed by atoms with Crippen molar-refractivity contribution in [1.29, 1.82) is 0 Å². The first-order chi connectivity index (χ1) is 10.1. The second kappa shape index (κ2) is 7.43. The number of aliphatic hydroxyl groups is 1. The van der Waals surface area contributed by atoms with Crippen LogP contribution in [0.25, 0.3) is 0 Å². The molecule has 5 nitrogen and oxygen atoms in total. The standard InChI is InChI=1S/C16H23NO4/c1-20-16(19)12-3-2-4-14(9-12)21-13-7-5-11(6-8-13)15(18)10-17/h5-8,12,14-15,18H,2-4,9-10,17H2,1H3/t12?,14?,15-/m0/s1. The molecule has 0 heterocycles. The van der Waals surface area contributed by atoms with Crippen LogP contribution in [0.1, 0.15) is 37.4 Å². The Balaban J connectivity index is 1.93.